The lowest BCUT2D eigenvalue weighted by molar-refractivity contribution is -0.116. The normalized spacial score (nSPS) is 11.5. The molecule has 0 saturated carbocycles. The maximum absolute atomic E-state index is 12.0. The van der Waals surface area contributed by atoms with Crippen LogP contribution in [0.2, 0.25) is 10.0 Å². The molecule has 0 aliphatic carbocycles. The molecule has 0 heterocycles. The highest BCUT2D eigenvalue weighted by Crippen LogP contribution is 2.29. The summed E-state index contributed by atoms with van der Waals surface area (Å²) in [6.07, 6.45) is 0.853. The molecule has 1 rings (SSSR count). The molecule has 0 N–H and O–H groups in total. The van der Waals surface area contributed by atoms with Gasteiger partial charge >= 0.3 is 0 Å². The smallest absolute Gasteiger partial charge is 0.188 e. The lowest BCUT2D eigenvalue weighted by atomic mass is 10.3. The first kappa shape index (κ1) is 14.5. The molecule has 1 aromatic rings. The molecule has 17 heavy (non-hydrogen) atoms. The van der Waals surface area contributed by atoms with Crippen LogP contribution < -0.4 is 0 Å². The van der Waals surface area contributed by atoms with E-state index in [1.807, 2.05) is 6.92 Å². The predicted molar refractivity (Wildman–Crippen MR) is 68.4 cm³/mol. The first-order valence-electron chi connectivity index (χ1n) is 5.07. The van der Waals surface area contributed by atoms with Crippen LogP contribution in [0.5, 0.6) is 0 Å². The Bertz CT molecular complexity index is 503. The highest BCUT2D eigenvalue weighted by Gasteiger charge is 2.24. The number of sulfone groups is 1. The van der Waals surface area contributed by atoms with Crippen molar-refractivity contribution in [3.8, 4) is 0 Å². The molecule has 0 spiro atoms. The highest BCUT2D eigenvalue weighted by molar-refractivity contribution is 7.92. The summed E-state index contributed by atoms with van der Waals surface area (Å²) in [5.74, 6) is -0.881. The number of rotatable bonds is 5. The molecule has 0 amide bonds. The Kier molecular flexibility index (Phi) is 4.98. The fraction of sp³-hybridized carbons (Fsp3) is 0.364. The van der Waals surface area contributed by atoms with Gasteiger partial charge in [0.25, 0.3) is 0 Å². The van der Waals surface area contributed by atoms with Crippen LogP contribution in [-0.4, -0.2) is 20.0 Å². The molecule has 3 nitrogen and oxygen atoms in total. The molecule has 6 heteroatoms. The molecule has 0 saturated heterocycles. The van der Waals surface area contributed by atoms with Crippen molar-refractivity contribution < 1.29 is 13.2 Å². The van der Waals surface area contributed by atoms with Gasteiger partial charge in [0, 0.05) is 6.42 Å². The number of ketones is 1. The van der Waals surface area contributed by atoms with Gasteiger partial charge in [-0.05, 0) is 18.6 Å². The number of carbonyl (C=O) groups is 1. The Morgan fingerprint density at radius 1 is 1.24 bits per heavy atom. The largest absolute Gasteiger partial charge is 0.299 e. The minimum atomic E-state index is -3.76. The average Bonchev–Trinajstić information content (AvgIpc) is 2.15. The molecule has 0 atom stereocenters. The topological polar surface area (TPSA) is 51.2 Å². The summed E-state index contributed by atoms with van der Waals surface area (Å²) in [5, 5.41) is 0.0867. The molecule has 0 aliphatic heterocycles. The summed E-state index contributed by atoms with van der Waals surface area (Å²) in [5.41, 5.74) is 0. The van der Waals surface area contributed by atoms with Crippen LogP contribution in [0.15, 0.2) is 23.1 Å². The number of hydrogen-bond acceptors (Lipinski definition) is 3. The zero-order chi connectivity index (χ0) is 13.1. The van der Waals surface area contributed by atoms with E-state index < -0.39 is 15.6 Å². The van der Waals surface area contributed by atoms with E-state index in [2.05, 4.69) is 0 Å². The Hall–Kier alpha value is -0.580. The van der Waals surface area contributed by atoms with E-state index in [-0.39, 0.29) is 27.1 Å². The molecule has 0 fully saturated rings. The van der Waals surface area contributed by atoms with Gasteiger partial charge in [-0.1, -0.05) is 36.2 Å². The zero-order valence-corrected chi connectivity index (χ0v) is 11.6. The van der Waals surface area contributed by atoms with E-state index in [0.717, 1.165) is 0 Å². The Morgan fingerprint density at radius 2 is 1.76 bits per heavy atom. The van der Waals surface area contributed by atoms with Gasteiger partial charge in [0.1, 0.15) is 16.4 Å². The van der Waals surface area contributed by atoms with Gasteiger partial charge in [-0.3, -0.25) is 4.79 Å². The van der Waals surface area contributed by atoms with Crippen molar-refractivity contribution in [1.29, 1.82) is 0 Å². The first-order valence-corrected chi connectivity index (χ1v) is 7.47. The van der Waals surface area contributed by atoms with E-state index in [1.54, 1.807) is 6.07 Å². The molecular formula is C11H12Cl2O3S. The van der Waals surface area contributed by atoms with Gasteiger partial charge in [-0.2, -0.15) is 0 Å². The Labute approximate surface area is 111 Å². The van der Waals surface area contributed by atoms with Gasteiger partial charge in [0.2, 0.25) is 0 Å². The van der Waals surface area contributed by atoms with Crippen molar-refractivity contribution in [1.82, 2.24) is 0 Å². The van der Waals surface area contributed by atoms with Gasteiger partial charge in [-0.15, -0.1) is 0 Å². The van der Waals surface area contributed by atoms with E-state index in [0.29, 0.717) is 6.42 Å². The summed E-state index contributed by atoms with van der Waals surface area (Å²) in [4.78, 5) is 11.2. The minimum Gasteiger partial charge on any atom is -0.299 e. The quantitative estimate of drug-likeness (QED) is 0.838. The van der Waals surface area contributed by atoms with Crippen molar-refractivity contribution in [3.05, 3.63) is 28.2 Å². The lowest BCUT2D eigenvalue weighted by Crippen LogP contribution is -2.16. The molecule has 0 aliphatic rings. The predicted octanol–water partition coefficient (Wildman–Crippen LogP) is 3.14. The fourth-order valence-corrected chi connectivity index (χ4v) is 3.96. The molecule has 94 valence electrons. The molecule has 0 unspecified atom stereocenters. The third kappa shape index (κ3) is 3.69. The van der Waals surface area contributed by atoms with E-state index >= 15 is 0 Å². The first-order chi connectivity index (χ1) is 7.88. The van der Waals surface area contributed by atoms with E-state index in [1.165, 1.54) is 12.1 Å². The van der Waals surface area contributed by atoms with Crippen LogP contribution >= 0.6 is 23.2 Å². The van der Waals surface area contributed by atoms with Gasteiger partial charge in [0.15, 0.2) is 9.84 Å². The number of hydrogen-bond donors (Lipinski definition) is 0. The SMILES string of the molecule is CCCC(=O)CS(=O)(=O)c1c(Cl)cccc1Cl. The fourth-order valence-electron chi connectivity index (χ4n) is 1.41. The van der Waals surface area contributed by atoms with E-state index in [9.17, 15) is 13.2 Å². The zero-order valence-electron chi connectivity index (χ0n) is 9.24. The second-order valence-electron chi connectivity index (χ2n) is 3.60. The molecule has 0 aromatic heterocycles. The third-order valence-corrected chi connectivity index (χ3v) is 4.73. The number of halogens is 2. The van der Waals surface area contributed by atoms with Crippen LogP contribution in [0.3, 0.4) is 0 Å². The van der Waals surface area contributed by atoms with Crippen LogP contribution in [0.25, 0.3) is 0 Å². The molecule has 0 bridgehead atoms. The summed E-state index contributed by atoms with van der Waals surface area (Å²) in [7, 11) is -3.76. The lowest BCUT2D eigenvalue weighted by Gasteiger charge is -2.07. The summed E-state index contributed by atoms with van der Waals surface area (Å²) < 4.78 is 23.9. The second kappa shape index (κ2) is 5.85. The Morgan fingerprint density at radius 3 is 2.24 bits per heavy atom. The van der Waals surface area contributed by atoms with Crippen LogP contribution in [0.4, 0.5) is 0 Å². The number of benzene rings is 1. The van der Waals surface area contributed by atoms with E-state index in [4.69, 9.17) is 23.2 Å². The summed E-state index contributed by atoms with van der Waals surface area (Å²) in [6.45, 7) is 1.81. The van der Waals surface area contributed by atoms with Crippen LogP contribution in [-0.2, 0) is 14.6 Å². The number of Topliss-reactive ketones (excluding diaryl/α,β-unsaturated/α-hetero) is 1. The summed E-state index contributed by atoms with van der Waals surface area (Å²) >= 11 is 11.6. The Balaban J connectivity index is 3.10. The van der Waals surface area contributed by atoms with Crippen molar-refractivity contribution in [2.24, 2.45) is 0 Å². The number of carbonyl (C=O) groups excluding carboxylic acids is 1. The second-order valence-corrected chi connectivity index (χ2v) is 6.34. The van der Waals surface area contributed by atoms with Gasteiger partial charge in [-0.25, -0.2) is 8.42 Å². The monoisotopic (exact) mass is 294 g/mol. The van der Waals surface area contributed by atoms with Gasteiger partial charge < -0.3 is 0 Å². The van der Waals surface area contributed by atoms with Crippen molar-refractivity contribution in [3.63, 3.8) is 0 Å². The maximum atomic E-state index is 12.0. The molecule has 1 aromatic carbocycles. The van der Waals surface area contributed by atoms with Gasteiger partial charge in [0.05, 0.1) is 10.0 Å². The average molecular weight is 295 g/mol. The van der Waals surface area contributed by atoms with Crippen molar-refractivity contribution in [2.45, 2.75) is 24.7 Å². The maximum Gasteiger partial charge on any atom is 0.188 e. The summed E-state index contributed by atoms with van der Waals surface area (Å²) in [6, 6.07) is 4.42. The van der Waals surface area contributed by atoms with Crippen LogP contribution in [0, 0.1) is 0 Å². The standard InChI is InChI=1S/C11H12Cl2O3S/c1-2-4-8(14)7-17(15,16)11-9(12)5-3-6-10(11)13/h3,5-6H,2,4,7H2,1H3. The minimum absolute atomic E-state index is 0.0433. The highest BCUT2D eigenvalue weighted by atomic mass is 35.5. The molecule has 0 radical (unpaired) electrons. The van der Waals surface area contributed by atoms with Crippen molar-refractivity contribution >= 4 is 38.8 Å². The van der Waals surface area contributed by atoms with Crippen molar-refractivity contribution in [2.75, 3.05) is 5.75 Å². The molecular weight excluding hydrogens is 283 g/mol. The third-order valence-electron chi connectivity index (χ3n) is 2.11. The van der Waals surface area contributed by atoms with Crippen LogP contribution in [0.1, 0.15) is 19.8 Å².